The number of hydrogen-bond acceptors (Lipinski definition) is 2. The van der Waals surface area contributed by atoms with Crippen molar-refractivity contribution in [3.63, 3.8) is 0 Å². The van der Waals surface area contributed by atoms with E-state index in [-0.39, 0.29) is 17.5 Å². The first-order chi connectivity index (χ1) is 11.2. The summed E-state index contributed by atoms with van der Waals surface area (Å²) in [5.74, 6) is 0.231. The average Bonchev–Trinajstić information content (AvgIpc) is 2.56. The molecular formula is C20H18FNO. The van der Waals surface area contributed by atoms with Crippen LogP contribution in [0.5, 0.6) is 5.75 Å². The van der Waals surface area contributed by atoms with Crippen LogP contribution in [0.25, 0.3) is 0 Å². The number of halogens is 1. The molecule has 1 N–H and O–H groups in total. The maximum atomic E-state index is 13.2. The summed E-state index contributed by atoms with van der Waals surface area (Å²) in [6.45, 7) is 0. The van der Waals surface area contributed by atoms with Crippen molar-refractivity contribution < 1.29 is 9.50 Å². The van der Waals surface area contributed by atoms with Crippen molar-refractivity contribution in [3.8, 4) is 5.75 Å². The van der Waals surface area contributed by atoms with E-state index in [1.165, 1.54) is 12.1 Å². The predicted octanol–water partition coefficient (Wildman–Crippen LogP) is 4.50. The minimum atomic E-state index is -0.230. The summed E-state index contributed by atoms with van der Waals surface area (Å²) >= 11 is 0. The number of rotatable bonds is 5. The van der Waals surface area contributed by atoms with Gasteiger partial charge in [-0.3, -0.25) is 4.98 Å². The Labute approximate surface area is 135 Å². The molecule has 0 spiro atoms. The van der Waals surface area contributed by atoms with Gasteiger partial charge in [-0.1, -0.05) is 30.3 Å². The van der Waals surface area contributed by atoms with Crippen molar-refractivity contribution in [1.82, 2.24) is 4.98 Å². The molecule has 0 aliphatic rings. The Hall–Kier alpha value is -2.68. The molecule has 2 aromatic carbocycles. The molecule has 0 fully saturated rings. The summed E-state index contributed by atoms with van der Waals surface area (Å²) in [4.78, 5) is 4.17. The fraction of sp³-hybridized carbons (Fsp3) is 0.150. The topological polar surface area (TPSA) is 33.1 Å². The van der Waals surface area contributed by atoms with E-state index >= 15 is 0 Å². The number of phenols is 1. The number of benzene rings is 2. The lowest BCUT2D eigenvalue weighted by atomic mass is 9.87. The van der Waals surface area contributed by atoms with Crippen LogP contribution in [-0.2, 0) is 12.8 Å². The van der Waals surface area contributed by atoms with Gasteiger partial charge in [0.15, 0.2) is 0 Å². The van der Waals surface area contributed by atoms with Crippen LogP contribution in [-0.4, -0.2) is 10.1 Å². The quantitative estimate of drug-likeness (QED) is 0.753. The van der Waals surface area contributed by atoms with Gasteiger partial charge in [-0.05, 0) is 65.8 Å². The number of phenolic OH excluding ortho intramolecular Hbond substituents is 1. The number of aromatic nitrogens is 1. The molecule has 2 nitrogen and oxygen atoms in total. The van der Waals surface area contributed by atoms with Crippen LogP contribution in [0.15, 0.2) is 73.1 Å². The van der Waals surface area contributed by atoms with Gasteiger partial charge in [-0.25, -0.2) is 4.39 Å². The van der Waals surface area contributed by atoms with Gasteiger partial charge in [-0.2, -0.15) is 0 Å². The highest BCUT2D eigenvalue weighted by Gasteiger charge is 2.14. The van der Waals surface area contributed by atoms with Crippen LogP contribution in [0.3, 0.4) is 0 Å². The Kier molecular flexibility index (Phi) is 4.67. The van der Waals surface area contributed by atoms with Gasteiger partial charge >= 0.3 is 0 Å². The number of hydrogen-bond donors (Lipinski definition) is 1. The molecule has 1 aromatic heterocycles. The average molecular weight is 307 g/mol. The maximum absolute atomic E-state index is 13.2. The van der Waals surface area contributed by atoms with E-state index in [4.69, 9.17) is 0 Å². The van der Waals surface area contributed by atoms with Crippen LogP contribution >= 0.6 is 0 Å². The summed E-state index contributed by atoms with van der Waals surface area (Å²) < 4.78 is 13.2. The summed E-state index contributed by atoms with van der Waals surface area (Å²) in [7, 11) is 0. The zero-order chi connectivity index (χ0) is 16.1. The first kappa shape index (κ1) is 15.2. The van der Waals surface area contributed by atoms with E-state index in [9.17, 15) is 9.50 Å². The molecule has 1 heterocycles. The van der Waals surface area contributed by atoms with Crippen molar-refractivity contribution in [3.05, 3.63) is 95.6 Å². The van der Waals surface area contributed by atoms with E-state index in [1.54, 1.807) is 18.3 Å². The second-order valence-electron chi connectivity index (χ2n) is 5.69. The lowest BCUT2D eigenvalue weighted by molar-refractivity contribution is 0.474. The summed E-state index contributed by atoms with van der Waals surface area (Å²) in [5.41, 5.74) is 3.28. The van der Waals surface area contributed by atoms with Crippen molar-refractivity contribution in [2.24, 2.45) is 0 Å². The normalized spacial score (nSPS) is 12.0. The summed E-state index contributed by atoms with van der Waals surface area (Å²) in [6.07, 6.45) is 5.20. The van der Waals surface area contributed by atoms with Gasteiger partial charge in [0.05, 0.1) is 0 Å². The van der Waals surface area contributed by atoms with E-state index in [0.717, 1.165) is 29.5 Å². The van der Waals surface area contributed by atoms with Crippen LogP contribution < -0.4 is 0 Å². The minimum absolute atomic E-state index is 0.196. The highest BCUT2D eigenvalue weighted by atomic mass is 19.1. The zero-order valence-corrected chi connectivity index (χ0v) is 12.7. The van der Waals surface area contributed by atoms with Gasteiger partial charge < -0.3 is 5.11 Å². The standard InChI is InChI=1S/C20H18FNO/c21-19-8-6-17(7-9-19)18(12-16-4-2-10-22-14-16)11-15-3-1-5-20(23)13-15/h1-10,13-14,18,23H,11-12H2. The molecule has 3 aromatic rings. The molecule has 0 saturated carbocycles. The largest absolute Gasteiger partial charge is 0.508 e. The molecule has 0 saturated heterocycles. The molecule has 1 unspecified atom stereocenters. The summed E-state index contributed by atoms with van der Waals surface area (Å²) in [6, 6.07) is 17.9. The third kappa shape index (κ3) is 4.16. The Morgan fingerprint density at radius 2 is 1.65 bits per heavy atom. The third-order valence-electron chi connectivity index (χ3n) is 3.94. The molecule has 3 rings (SSSR count). The second kappa shape index (κ2) is 7.05. The fourth-order valence-corrected chi connectivity index (χ4v) is 2.81. The predicted molar refractivity (Wildman–Crippen MR) is 88.9 cm³/mol. The minimum Gasteiger partial charge on any atom is -0.508 e. The SMILES string of the molecule is Oc1cccc(CC(Cc2cccnc2)c2ccc(F)cc2)c1. The van der Waals surface area contributed by atoms with Gasteiger partial charge in [-0.15, -0.1) is 0 Å². The van der Waals surface area contributed by atoms with Gasteiger partial charge in [0.25, 0.3) is 0 Å². The number of pyridine rings is 1. The first-order valence-corrected chi connectivity index (χ1v) is 7.63. The maximum Gasteiger partial charge on any atom is 0.123 e. The Morgan fingerprint density at radius 3 is 2.35 bits per heavy atom. The molecule has 23 heavy (non-hydrogen) atoms. The highest BCUT2D eigenvalue weighted by molar-refractivity contribution is 5.31. The number of aromatic hydroxyl groups is 1. The van der Waals surface area contributed by atoms with Gasteiger partial charge in [0.2, 0.25) is 0 Å². The van der Waals surface area contributed by atoms with E-state index in [2.05, 4.69) is 4.98 Å². The molecule has 116 valence electrons. The van der Waals surface area contributed by atoms with Crippen molar-refractivity contribution in [2.45, 2.75) is 18.8 Å². The van der Waals surface area contributed by atoms with Crippen molar-refractivity contribution >= 4 is 0 Å². The monoisotopic (exact) mass is 307 g/mol. The summed E-state index contributed by atoms with van der Waals surface area (Å²) in [5, 5.41) is 9.66. The smallest absolute Gasteiger partial charge is 0.123 e. The molecule has 0 bridgehead atoms. The third-order valence-corrected chi connectivity index (χ3v) is 3.94. The molecule has 0 amide bonds. The van der Waals surface area contributed by atoms with E-state index < -0.39 is 0 Å². The van der Waals surface area contributed by atoms with Crippen LogP contribution in [0.2, 0.25) is 0 Å². The Morgan fingerprint density at radius 1 is 0.913 bits per heavy atom. The molecule has 3 heteroatoms. The number of nitrogens with zero attached hydrogens (tertiary/aromatic N) is 1. The van der Waals surface area contributed by atoms with Gasteiger partial charge in [0.1, 0.15) is 11.6 Å². The van der Waals surface area contributed by atoms with Crippen molar-refractivity contribution in [1.29, 1.82) is 0 Å². The first-order valence-electron chi connectivity index (χ1n) is 7.63. The van der Waals surface area contributed by atoms with Crippen LogP contribution in [0.1, 0.15) is 22.6 Å². The van der Waals surface area contributed by atoms with Crippen molar-refractivity contribution in [2.75, 3.05) is 0 Å². The molecular weight excluding hydrogens is 289 g/mol. The molecule has 1 atom stereocenters. The molecule has 0 aliphatic heterocycles. The van der Waals surface area contributed by atoms with E-state index in [1.807, 2.05) is 42.6 Å². The molecule has 0 aliphatic carbocycles. The highest BCUT2D eigenvalue weighted by Crippen LogP contribution is 2.26. The zero-order valence-electron chi connectivity index (χ0n) is 12.7. The van der Waals surface area contributed by atoms with E-state index in [0.29, 0.717) is 0 Å². The Bertz CT molecular complexity index is 756. The second-order valence-corrected chi connectivity index (χ2v) is 5.69. The van der Waals surface area contributed by atoms with Gasteiger partial charge in [0, 0.05) is 12.4 Å². The van der Waals surface area contributed by atoms with Crippen LogP contribution in [0, 0.1) is 5.82 Å². The lowest BCUT2D eigenvalue weighted by Gasteiger charge is -2.18. The fourth-order valence-electron chi connectivity index (χ4n) is 2.81. The Balaban J connectivity index is 1.87. The molecule has 0 radical (unpaired) electrons. The van der Waals surface area contributed by atoms with Crippen LogP contribution in [0.4, 0.5) is 4.39 Å². The lowest BCUT2D eigenvalue weighted by Crippen LogP contribution is -2.07.